The first-order valence-corrected chi connectivity index (χ1v) is 9.67. The number of amides is 1. The van der Waals surface area contributed by atoms with E-state index in [0.717, 1.165) is 27.8 Å². The van der Waals surface area contributed by atoms with E-state index in [0.29, 0.717) is 36.2 Å². The predicted molar refractivity (Wildman–Crippen MR) is 112 cm³/mol. The second-order valence-corrected chi connectivity index (χ2v) is 7.09. The third-order valence-corrected chi connectivity index (χ3v) is 4.85. The summed E-state index contributed by atoms with van der Waals surface area (Å²) < 4.78 is 16.6. The number of carbonyl (C=O) groups excluding carboxylic acids is 1. The Morgan fingerprint density at radius 1 is 1.03 bits per heavy atom. The molecule has 0 radical (unpaired) electrons. The molecule has 0 saturated heterocycles. The van der Waals surface area contributed by atoms with Crippen LogP contribution in [0.1, 0.15) is 11.4 Å². The van der Waals surface area contributed by atoms with E-state index in [1.807, 2.05) is 55.5 Å². The lowest BCUT2D eigenvalue weighted by Gasteiger charge is -2.18. The van der Waals surface area contributed by atoms with Crippen LogP contribution in [0.2, 0.25) is 0 Å². The standard InChI is InChI=1S/C23H19N3O4/c1-14-10-19(17-4-2-3-5-18(17)24-14)25-23(27)13-16-12-21(30-26-16)15-6-7-20-22(11-15)29-9-8-28-20/h2-7,10-12H,8-9,13H2,1H3,(H,24,25,27). The van der Waals surface area contributed by atoms with Crippen molar-refractivity contribution in [2.75, 3.05) is 18.5 Å². The zero-order valence-corrected chi connectivity index (χ0v) is 16.3. The highest BCUT2D eigenvalue weighted by Crippen LogP contribution is 2.34. The van der Waals surface area contributed by atoms with Crippen molar-refractivity contribution in [3.8, 4) is 22.8 Å². The lowest BCUT2D eigenvalue weighted by Crippen LogP contribution is -2.15. The van der Waals surface area contributed by atoms with Crippen LogP contribution >= 0.6 is 0 Å². The third kappa shape index (κ3) is 3.57. The van der Waals surface area contributed by atoms with Crippen LogP contribution in [0.5, 0.6) is 11.5 Å². The molecule has 2 aromatic carbocycles. The molecule has 3 heterocycles. The average Bonchev–Trinajstić information content (AvgIpc) is 3.21. The molecule has 0 atom stereocenters. The van der Waals surface area contributed by atoms with Crippen molar-refractivity contribution >= 4 is 22.5 Å². The quantitative estimate of drug-likeness (QED) is 0.553. The predicted octanol–water partition coefficient (Wildman–Crippen LogP) is 4.15. The molecule has 0 bridgehead atoms. The van der Waals surface area contributed by atoms with Gasteiger partial charge in [0.25, 0.3) is 0 Å². The topological polar surface area (TPSA) is 86.5 Å². The Hall–Kier alpha value is -3.87. The number of ether oxygens (including phenoxy) is 2. The maximum atomic E-state index is 12.6. The molecule has 150 valence electrons. The van der Waals surface area contributed by atoms with Crippen molar-refractivity contribution in [3.05, 3.63) is 66.0 Å². The molecule has 7 nitrogen and oxygen atoms in total. The molecule has 0 saturated carbocycles. The first kappa shape index (κ1) is 18.2. The van der Waals surface area contributed by atoms with E-state index in [1.54, 1.807) is 6.07 Å². The molecule has 1 aliphatic rings. The minimum Gasteiger partial charge on any atom is -0.486 e. The van der Waals surface area contributed by atoms with Crippen LogP contribution in [-0.2, 0) is 11.2 Å². The number of carbonyl (C=O) groups is 1. The lowest BCUT2D eigenvalue weighted by molar-refractivity contribution is -0.115. The van der Waals surface area contributed by atoms with E-state index in [2.05, 4.69) is 15.5 Å². The molecule has 30 heavy (non-hydrogen) atoms. The van der Waals surface area contributed by atoms with Gasteiger partial charge >= 0.3 is 0 Å². The van der Waals surface area contributed by atoms with Crippen LogP contribution < -0.4 is 14.8 Å². The van der Waals surface area contributed by atoms with Crippen LogP contribution in [-0.4, -0.2) is 29.3 Å². The van der Waals surface area contributed by atoms with E-state index < -0.39 is 0 Å². The van der Waals surface area contributed by atoms with Crippen molar-refractivity contribution in [2.24, 2.45) is 0 Å². The van der Waals surface area contributed by atoms with Crippen molar-refractivity contribution in [3.63, 3.8) is 0 Å². The molecule has 5 rings (SSSR count). The lowest BCUT2D eigenvalue weighted by atomic mass is 10.1. The molecule has 0 fully saturated rings. The van der Waals surface area contributed by atoms with Crippen LogP contribution in [0.15, 0.2) is 59.1 Å². The number of nitrogens with zero attached hydrogens (tertiary/aromatic N) is 2. The molecule has 1 aliphatic heterocycles. The van der Waals surface area contributed by atoms with Gasteiger partial charge in [-0.25, -0.2) is 0 Å². The Labute approximate surface area is 172 Å². The summed E-state index contributed by atoms with van der Waals surface area (Å²) in [5.74, 6) is 1.78. The second-order valence-electron chi connectivity index (χ2n) is 7.09. The number of aromatic nitrogens is 2. The first-order valence-electron chi connectivity index (χ1n) is 9.67. The summed E-state index contributed by atoms with van der Waals surface area (Å²) >= 11 is 0. The number of benzene rings is 2. The number of para-hydroxylation sites is 1. The van der Waals surface area contributed by atoms with Crippen LogP contribution in [0.3, 0.4) is 0 Å². The summed E-state index contributed by atoms with van der Waals surface area (Å²) in [6.07, 6.45) is 0.101. The molecule has 7 heteroatoms. The molecule has 2 aromatic heterocycles. The molecular weight excluding hydrogens is 382 g/mol. The molecule has 4 aromatic rings. The number of nitrogens with one attached hydrogen (secondary N) is 1. The Balaban J connectivity index is 1.33. The SMILES string of the molecule is Cc1cc(NC(=O)Cc2cc(-c3ccc4c(c3)OCCO4)on2)c2ccccc2n1. The fourth-order valence-corrected chi connectivity index (χ4v) is 3.50. The minimum atomic E-state index is -0.173. The van der Waals surface area contributed by atoms with Crippen molar-refractivity contribution < 1.29 is 18.8 Å². The van der Waals surface area contributed by atoms with Gasteiger partial charge in [0.05, 0.1) is 23.3 Å². The molecular formula is C23H19N3O4. The first-order chi connectivity index (χ1) is 14.7. The second kappa shape index (κ2) is 7.51. The summed E-state index contributed by atoms with van der Waals surface area (Å²) in [4.78, 5) is 17.1. The maximum absolute atomic E-state index is 12.6. The fraction of sp³-hybridized carbons (Fsp3) is 0.174. The zero-order valence-electron chi connectivity index (χ0n) is 16.3. The molecule has 0 unspecified atom stereocenters. The number of hydrogen-bond acceptors (Lipinski definition) is 6. The average molecular weight is 401 g/mol. The Morgan fingerprint density at radius 3 is 2.77 bits per heavy atom. The van der Waals surface area contributed by atoms with Gasteiger partial charge in [-0.1, -0.05) is 23.4 Å². The highest BCUT2D eigenvalue weighted by molar-refractivity contribution is 6.01. The van der Waals surface area contributed by atoms with Gasteiger partial charge in [-0.15, -0.1) is 0 Å². The number of aryl methyl sites for hydroxylation is 1. The van der Waals surface area contributed by atoms with E-state index >= 15 is 0 Å². The maximum Gasteiger partial charge on any atom is 0.230 e. The zero-order chi connectivity index (χ0) is 20.5. The van der Waals surface area contributed by atoms with Gasteiger partial charge in [-0.3, -0.25) is 9.78 Å². The van der Waals surface area contributed by atoms with E-state index in [-0.39, 0.29) is 12.3 Å². The summed E-state index contributed by atoms with van der Waals surface area (Å²) in [6.45, 7) is 2.96. The highest BCUT2D eigenvalue weighted by atomic mass is 16.6. The van der Waals surface area contributed by atoms with Crippen LogP contribution in [0.25, 0.3) is 22.2 Å². The summed E-state index contributed by atoms with van der Waals surface area (Å²) in [5.41, 5.74) is 3.78. The van der Waals surface area contributed by atoms with Crippen molar-refractivity contribution in [1.29, 1.82) is 0 Å². The smallest absolute Gasteiger partial charge is 0.230 e. The van der Waals surface area contributed by atoms with Crippen LogP contribution in [0.4, 0.5) is 5.69 Å². The third-order valence-electron chi connectivity index (χ3n) is 4.85. The Bertz CT molecular complexity index is 1250. The van der Waals surface area contributed by atoms with Crippen molar-refractivity contribution in [1.82, 2.24) is 10.1 Å². The molecule has 0 spiro atoms. The molecule has 1 N–H and O–H groups in total. The van der Waals surface area contributed by atoms with Gasteiger partial charge in [-0.2, -0.15) is 0 Å². The minimum absolute atomic E-state index is 0.101. The normalized spacial score (nSPS) is 12.7. The van der Waals surface area contributed by atoms with E-state index in [4.69, 9.17) is 14.0 Å². The van der Waals surface area contributed by atoms with Crippen LogP contribution in [0, 0.1) is 6.92 Å². The Kier molecular flexibility index (Phi) is 4.55. The van der Waals surface area contributed by atoms with Crippen molar-refractivity contribution in [2.45, 2.75) is 13.3 Å². The van der Waals surface area contributed by atoms with E-state index in [1.165, 1.54) is 0 Å². The summed E-state index contributed by atoms with van der Waals surface area (Å²) in [6, 6.07) is 16.9. The Morgan fingerprint density at radius 2 is 1.87 bits per heavy atom. The number of pyridine rings is 1. The monoisotopic (exact) mass is 401 g/mol. The summed E-state index contributed by atoms with van der Waals surface area (Å²) in [5, 5.41) is 7.91. The number of fused-ring (bicyclic) bond motifs is 2. The largest absolute Gasteiger partial charge is 0.486 e. The van der Waals surface area contributed by atoms with Gasteiger partial charge in [0.15, 0.2) is 17.3 Å². The number of anilines is 1. The van der Waals surface area contributed by atoms with Gasteiger partial charge in [0, 0.05) is 22.7 Å². The highest BCUT2D eigenvalue weighted by Gasteiger charge is 2.16. The van der Waals surface area contributed by atoms with E-state index in [9.17, 15) is 4.79 Å². The van der Waals surface area contributed by atoms with Gasteiger partial charge in [-0.05, 0) is 37.3 Å². The molecule has 1 amide bonds. The van der Waals surface area contributed by atoms with Gasteiger partial charge in [0.1, 0.15) is 13.2 Å². The molecule has 0 aliphatic carbocycles. The number of hydrogen-bond donors (Lipinski definition) is 1. The fourth-order valence-electron chi connectivity index (χ4n) is 3.50. The van der Waals surface area contributed by atoms with Gasteiger partial charge in [0.2, 0.25) is 5.91 Å². The van der Waals surface area contributed by atoms with Gasteiger partial charge < -0.3 is 19.3 Å². The summed E-state index contributed by atoms with van der Waals surface area (Å²) in [7, 11) is 0. The number of rotatable bonds is 4.